The number of hydrogen-bond donors (Lipinski definition) is 1. The second-order valence-electron chi connectivity index (χ2n) is 7.81. The number of nitrogens with zero attached hydrogens (tertiary/aromatic N) is 2. The fourth-order valence-electron chi connectivity index (χ4n) is 3.73. The van der Waals surface area contributed by atoms with Crippen LogP contribution in [0.25, 0.3) is 22.4 Å². The van der Waals surface area contributed by atoms with Crippen molar-refractivity contribution in [1.82, 2.24) is 14.6 Å². The first-order valence-corrected chi connectivity index (χ1v) is 12.2. The number of unbranched alkanes of at least 4 members (excludes halogenated alkanes) is 1. The van der Waals surface area contributed by atoms with E-state index < -0.39 is 17.1 Å². The summed E-state index contributed by atoms with van der Waals surface area (Å²) in [4.78, 5) is 28.6. The number of ether oxygens (including phenoxy) is 1. The number of carbonyl (C=O) groups is 2. The zero-order chi connectivity index (χ0) is 25.5. The van der Waals surface area contributed by atoms with Gasteiger partial charge in [0.2, 0.25) is 5.71 Å². The maximum atomic E-state index is 13.4. The Bertz CT molecular complexity index is 1230. The lowest BCUT2D eigenvalue weighted by Gasteiger charge is -2.24. The quantitative estimate of drug-likeness (QED) is 0.241. The first kappa shape index (κ1) is 26.5. The molecular weight excluding hydrogens is 477 g/mol. The summed E-state index contributed by atoms with van der Waals surface area (Å²) < 4.78 is 48.9. The molecule has 3 rings (SSSR count). The Labute approximate surface area is 205 Å². The first-order valence-electron chi connectivity index (χ1n) is 11.1. The number of amides is 1. The summed E-state index contributed by atoms with van der Waals surface area (Å²) in [6.45, 7) is 2.12. The van der Waals surface area contributed by atoms with Crippen molar-refractivity contribution in [3.63, 3.8) is 0 Å². The van der Waals surface area contributed by atoms with Crippen LogP contribution in [0.5, 0.6) is 0 Å². The zero-order valence-corrected chi connectivity index (χ0v) is 20.6. The predicted octanol–water partition coefficient (Wildman–Crippen LogP) is 3.50. The van der Waals surface area contributed by atoms with Crippen LogP contribution in [-0.2, 0) is 33.8 Å². The predicted molar refractivity (Wildman–Crippen MR) is 127 cm³/mol. The highest BCUT2D eigenvalue weighted by Crippen LogP contribution is 2.34. The molecule has 188 valence electrons. The molecule has 0 aliphatic rings. The van der Waals surface area contributed by atoms with Gasteiger partial charge in [0.25, 0.3) is 5.91 Å². The molecule has 0 saturated heterocycles. The molecule has 0 radical (unpaired) electrons. The van der Waals surface area contributed by atoms with Gasteiger partial charge in [0, 0.05) is 36.8 Å². The third kappa shape index (κ3) is 6.30. The van der Waals surface area contributed by atoms with E-state index in [0.717, 1.165) is 5.56 Å². The average Bonchev–Trinajstić information content (AvgIpc) is 3.22. The monoisotopic (exact) mass is 504 g/mol. The minimum atomic E-state index is -2.51. The van der Waals surface area contributed by atoms with Gasteiger partial charge in [-0.15, -0.1) is 0 Å². The van der Waals surface area contributed by atoms with E-state index in [2.05, 4.69) is 15.0 Å². The molecule has 1 amide bonds. The van der Waals surface area contributed by atoms with Crippen LogP contribution in [0.3, 0.4) is 0 Å². The number of methoxy groups -OCH3 is 1. The third-order valence-corrected chi connectivity index (χ3v) is 6.33. The topological polar surface area (TPSA) is 125 Å². The molecule has 1 aromatic carbocycles. The first-order chi connectivity index (χ1) is 16.8. The van der Waals surface area contributed by atoms with Crippen molar-refractivity contribution in [2.45, 2.75) is 39.2 Å². The van der Waals surface area contributed by atoms with E-state index >= 15 is 0 Å². The Balaban J connectivity index is 1.97. The molecule has 1 atom stereocenters. The fraction of sp³-hybridized carbons (Fsp3) is 0.375. The van der Waals surface area contributed by atoms with Crippen LogP contribution in [0.2, 0.25) is 0 Å². The van der Waals surface area contributed by atoms with E-state index in [1.807, 2.05) is 6.92 Å². The fourth-order valence-corrected chi connectivity index (χ4v) is 4.24. The summed E-state index contributed by atoms with van der Waals surface area (Å²) in [6, 6.07) is 7.35. The van der Waals surface area contributed by atoms with E-state index in [-0.39, 0.29) is 48.4 Å². The molecule has 0 saturated carbocycles. The molecule has 0 aliphatic heterocycles. The largest absolute Gasteiger partial charge is 0.760 e. The number of pyridine rings is 1. The summed E-state index contributed by atoms with van der Waals surface area (Å²) in [5, 5.41) is 3.08. The highest BCUT2D eigenvalue weighted by Gasteiger charge is 2.24. The number of benzene rings is 1. The summed E-state index contributed by atoms with van der Waals surface area (Å²) in [7, 11) is 2.81. The van der Waals surface area contributed by atoms with Gasteiger partial charge in [0.15, 0.2) is 0 Å². The number of halogens is 1. The van der Waals surface area contributed by atoms with Crippen molar-refractivity contribution in [1.29, 1.82) is 0 Å². The van der Waals surface area contributed by atoms with Crippen LogP contribution in [0, 0.1) is 5.82 Å². The Hall–Kier alpha value is -3.15. The molecule has 2 aromatic heterocycles. The summed E-state index contributed by atoms with van der Waals surface area (Å²) in [5.41, 5.74) is 2.22. The maximum Gasteiger partial charge on any atom is 0.305 e. The molecule has 35 heavy (non-hydrogen) atoms. The Morgan fingerprint density at radius 3 is 2.57 bits per heavy atom. The van der Waals surface area contributed by atoms with Crippen molar-refractivity contribution in [2.24, 2.45) is 0 Å². The highest BCUT2D eigenvalue weighted by molar-refractivity contribution is 7.76. The van der Waals surface area contributed by atoms with Crippen molar-refractivity contribution in [2.75, 3.05) is 20.7 Å². The van der Waals surface area contributed by atoms with Gasteiger partial charge in [0.05, 0.1) is 30.3 Å². The number of fused-ring (bicyclic) bond motifs is 1. The van der Waals surface area contributed by atoms with Gasteiger partial charge in [-0.2, -0.15) is 0 Å². The molecule has 3 aromatic rings. The minimum Gasteiger partial charge on any atom is -0.760 e. The van der Waals surface area contributed by atoms with Crippen LogP contribution < -0.4 is 5.32 Å². The lowest BCUT2D eigenvalue weighted by atomic mass is 10.0. The van der Waals surface area contributed by atoms with Crippen LogP contribution in [0.15, 0.2) is 34.7 Å². The Morgan fingerprint density at radius 2 is 1.97 bits per heavy atom. The summed E-state index contributed by atoms with van der Waals surface area (Å²) in [5.74, 6) is -0.898. The second kappa shape index (κ2) is 12.0. The van der Waals surface area contributed by atoms with Gasteiger partial charge in [0.1, 0.15) is 11.6 Å². The van der Waals surface area contributed by atoms with Gasteiger partial charge in [-0.3, -0.25) is 13.8 Å². The van der Waals surface area contributed by atoms with E-state index in [1.165, 1.54) is 42.7 Å². The lowest BCUT2D eigenvalue weighted by Crippen LogP contribution is -2.27. The van der Waals surface area contributed by atoms with Crippen molar-refractivity contribution < 1.29 is 31.9 Å². The molecule has 11 heteroatoms. The normalized spacial score (nSPS) is 12.2. The minimum absolute atomic E-state index is 0.00926. The molecule has 9 nitrogen and oxygen atoms in total. The van der Waals surface area contributed by atoms with Crippen LogP contribution >= 0.6 is 0 Å². The lowest BCUT2D eigenvalue weighted by molar-refractivity contribution is -0.140. The molecule has 2 heterocycles. The number of esters is 1. The van der Waals surface area contributed by atoms with Gasteiger partial charge in [-0.1, -0.05) is 6.92 Å². The molecule has 0 fully saturated rings. The van der Waals surface area contributed by atoms with E-state index in [0.29, 0.717) is 35.9 Å². The van der Waals surface area contributed by atoms with Crippen LogP contribution in [0.4, 0.5) is 4.39 Å². The zero-order valence-electron chi connectivity index (χ0n) is 19.8. The number of carbonyl (C=O) groups excluding carboxylic acids is 2. The molecule has 0 spiro atoms. The smallest absolute Gasteiger partial charge is 0.305 e. The molecule has 1 unspecified atom stereocenters. The number of furan rings is 1. The van der Waals surface area contributed by atoms with Crippen molar-refractivity contribution in [3.05, 3.63) is 53.0 Å². The van der Waals surface area contributed by atoms with E-state index in [1.54, 1.807) is 6.07 Å². The Kier molecular flexibility index (Phi) is 9.07. The van der Waals surface area contributed by atoms with Gasteiger partial charge in [-0.25, -0.2) is 13.7 Å². The number of rotatable bonds is 11. The average molecular weight is 505 g/mol. The van der Waals surface area contributed by atoms with Crippen molar-refractivity contribution >= 4 is 34.2 Å². The number of hydrogen-bond acceptors (Lipinski definition) is 7. The molecular formula is C24H27FN3O6S-. The summed E-state index contributed by atoms with van der Waals surface area (Å²) in [6.07, 6.45) is 1.72. The maximum absolute atomic E-state index is 13.4. The standard InChI is InChI=1S/C24H28FN3O6S/c1-4-15-13-18-21(23(30)26-2)22(16-8-10-17(25)11-9-16)34-24(18)27-19(15)14-28(35(31)32)12-6-5-7-20(29)33-3/h8-11,13H,4-7,12,14H2,1-3H3,(H,26,30)(H,31,32)/p-1. The number of nitrogens with one attached hydrogen (secondary N) is 1. The van der Waals surface area contributed by atoms with Gasteiger partial charge < -0.3 is 19.0 Å². The highest BCUT2D eigenvalue weighted by atomic mass is 32.2. The van der Waals surface area contributed by atoms with Crippen molar-refractivity contribution in [3.8, 4) is 11.3 Å². The van der Waals surface area contributed by atoms with E-state index in [4.69, 9.17) is 4.42 Å². The van der Waals surface area contributed by atoms with Gasteiger partial charge >= 0.3 is 5.97 Å². The van der Waals surface area contributed by atoms with Crippen LogP contribution in [-0.4, -0.2) is 50.6 Å². The SMILES string of the molecule is CCc1cc2c(C(=O)NC)c(-c3ccc(F)cc3)oc2nc1CN(CCCCC(=O)OC)S(=O)[O-]. The molecule has 0 bridgehead atoms. The van der Waals surface area contributed by atoms with E-state index in [9.17, 15) is 22.7 Å². The number of aromatic nitrogens is 1. The van der Waals surface area contributed by atoms with Crippen LogP contribution in [0.1, 0.15) is 47.8 Å². The third-order valence-electron chi connectivity index (χ3n) is 5.60. The number of aryl methyl sites for hydroxylation is 1. The molecule has 1 N–H and O–H groups in total. The molecule has 0 aliphatic carbocycles. The van der Waals surface area contributed by atoms with Gasteiger partial charge in [-0.05, 0) is 55.2 Å². The second-order valence-corrected chi connectivity index (χ2v) is 8.76. The Morgan fingerprint density at radius 1 is 1.26 bits per heavy atom. The summed E-state index contributed by atoms with van der Waals surface area (Å²) >= 11 is -2.51.